The SMILES string of the molecule is Cc1c(C(=O)OCc2ccc(C(C)(C)C)cc2)cccc1[N+](=O)[O-]. The van der Waals surface area contributed by atoms with Crippen molar-refractivity contribution in [3.05, 3.63) is 74.8 Å². The molecule has 0 aliphatic rings. The van der Waals surface area contributed by atoms with E-state index in [1.807, 2.05) is 24.3 Å². The molecule has 5 nitrogen and oxygen atoms in total. The lowest BCUT2D eigenvalue weighted by molar-refractivity contribution is -0.385. The number of hydrogen-bond acceptors (Lipinski definition) is 4. The highest BCUT2D eigenvalue weighted by molar-refractivity contribution is 5.92. The van der Waals surface area contributed by atoms with Gasteiger partial charge in [0.15, 0.2) is 0 Å². The van der Waals surface area contributed by atoms with E-state index in [-0.39, 0.29) is 23.3 Å². The molecule has 2 aromatic rings. The molecule has 0 fully saturated rings. The Bertz CT molecular complexity index is 758. The molecular weight excluding hydrogens is 306 g/mol. The number of carbonyl (C=O) groups is 1. The number of benzene rings is 2. The van der Waals surface area contributed by atoms with E-state index >= 15 is 0 Å². The summed E-state index contributed by atoms with van der Waals surface area (Å²) in [5.41, 5.74) is 2.59. The molecule has 0 amide bonds. The van der Waals surface area contributed by atoms with Gasteiger partial charge in [-0.05, 0) is 29.5 Å². The topological polar surface area (TPSA) is 69.4 Å². The largest absolute Gasteiger partial charge is 0.457 e. The summed E-state index contributed by atoms with van der Waals surface area (Å²) in [6, 6.07) is 12.3. The van der Waals surface area contributed by atoms with Crippen molar-refractivity contribution >= 4 is 11.7 Å². The van der Waals surface area contributed by atoms with Crippen LogP contribution in [0.1, 0.15) is 47.8 Å². The van der Waals surface area contributed by atoms with Gasteiger partial charge in [0.05, 0.1) is 10.5 Å². The monoisotopic (exact) mass is 327 g/mol. The molecule has 5 heteroatoms. The summed E-state index contributed by atoms with van der Waals surface area (Å²) in [5, 5.41) is 10.9. The second-order valence-corrected chi connectivity index (χ2v) is 6.73. The van der Waals surface area contributed by atoms with Crippen LogP contribution in [0.2, 0.25) is 0 Å². The summed E-state index contributed by atoms with van der Waals surface area (Å²) >= 11 is 0. The van der Waals surface area contributed by atoms with E-state index in [0.29, 0.717) is 5.56 Å². The average Bonchev–Trinajstić information content (AvgIpc) is 2.52. The predicted octanol–water partition coefficient (Wildman–Crippen LogP) is 4.56. The molecular formula is C19H21NO4. The highest BCUT2D eigenvalue weighted by Gasteiger charge is 2.19. The Balaban J connectivity index is 2.09. The second kappa shape index (κ2) is 6.83. The molecule has 0 heterocycles. The number of nitro groups is 1. The molecule has 0 atom stereocenters. The van der Waals surface area contributed by atoms with Crippen LogP contribution in [0.25, 0.3) is 0 Å². The minimum absolute atomic E-state index is 0.0648. The third-order valence-electron chi connectivity index (χ3n) is 3.91. The van der Waals surface area contributed by atoms with Crippen LogP contribution in [0, 0.1) is 17.0 Å². The number of hydrogen-bond donors (Lipinski definition) is 0. The zero-order valence-corrected chi connectivity index (χ0v) is 14.3. The van der Waals surface area contributed by atoms with Crippen molar-refractivity contribution in [1.29, 1.82) is 0 Å². The molecule has 0 saturated heterocycles. The molecule has 0 radical (unpaired) electrons. The van der Waals surface area contributed by atoms with E-state index in [1.54, 1.807) is 6.92 Å². The number of carbonyl (C=O) groups excluding carboxylic acids is 1. The zero-order valence-electron chi connectivity index (χ0n) is 14.3. The van der Waals surface area contributed by atoms with Gasteiger partial charge in [-0.2, -0.15) is 0 Å². The first-order valence-corrected chi connectivity index (χ1v) is 7.70. The Kier molecular flexibility index (Phi) is 5.02. The van der Waals surface area contributed by atoms with E-state index in [0.717, 1.165) is 5.56 Å². The van der Waals surface area contributed by atoms with Gasteiger partial charge in [0.2, 0.25) is 0 Å². The third-order valence-corrected chi connectivity index (χ3v) is 3.91. The van der Waals surface area contributed by atoms with Crippen molar-refractivity contribution in [3.63, 3.8) is 0 Å². The highest BCUT2D eigenvalue weighted by Crippen LogP contribution is 2.24. The summed E-state index contributed by atoms with van der Waals surface area (Å²) in [7, 11) is 0. The summed E-state index contributed by atoms with van der Waals surface area (Å²) < 4.78 is 5.29. The molecule has 24 heavy (non-hydrogen) atoms. The van der Waals surface area contributed by atoms with Crippen molar-refractivity contribution < 1.29 is 14.5 Å². The molecule has 0 aliphatic carbocycles. The van der Waals surface area contributed by atoms with Crippen LogP contribution >= 0.6 is 0 Å². The fraction of sp³-hybridized carbons (Fsp3) is 0.316. The average molecular weight is 327 g/mol. The van der Waals surface area contributed by atoms with Crippen molar-refractivity contribution in [3.8, 4) is 0 Å². The molecule has 0 spiro atoms. The van der Waals surface area contributed by atoms with Crippen molar-refractivity contribution in [2.45, 2.75) is 39.7 Å². The van der Waals surface area contributed by atoms with Crippen molar-refractivity contribution in [2.24, 2.45) is 0 Å². The summed E-state index contributed by atoms with van der Waals surface area (Å²) in [6.45, 7) is 8.07. The molecule has 0 saturated carbocycles. The first kappa shape index (κ1) is 17.7. The van der Waals surface area contributed by atoms with Crippen LogP contribution in [0.3, 0.4) is 0 Å². The Hall–Kier alpha value is -2.69. The molecule has 0 bridgehead atoms. The number of ether oxygens (including phenoxy) is 1. The van der Waals surface area contributed by atoms with Crippen molar-refractivity contribution in [2.75, 3.05) is 0 Å². The third kappa shape index (κ3) is 3.98. The predicted molar refractivity (Wildman–Crippen MR) is 92.1 cm³/mol. The second-order valence-electron chi connectivity index (χ2n) is 6.73. The van der Waals surface area contributed by atoms with Crippen LogP contribution in [0.4, 0.5) is 5.69 Å². The maximum Gasteiger partial charge on any atom is 0.338 e. The van der Waals surface area contributed by atoms with Crippen LogP contribution in [-0.4, -0.2) is 10.9 Å². The van der Waals surface area contributed by atoms with Gasteiger partial charge >= 0.3 is 5.97 Å². The molecule has 2 aromatic carbocycles. The zero-order chi connectivity index (χ0) is 17.9. The quantitative estimate of drug-likeness (QED) is 0.469. The van der Waals surface area contributed by atoms with Gasteiger partial charge in [-0.3, -0.25) is 10.1 Å². The van der Waals surface area contributed by atoms with Crippen molar-refractivity contribution in [1.82, 2.24) is 0 Å². The summed E-state index contributed by atoms with van der Waals surface area (Å²) in [4.78, 5) is 22.6. The van der Waals surface area contributed by atoms with E-state index in [1.165, 1.54) is 23.8 Å². The standard InChI is InChI=1S/C19H21NO4/c1-13-16(6-5-7-17(13)20(22)23)18(21)24-12-14-8-10-15(11-9-14)19(2,3)4/h5-11H,12H2,1-4H3. The van der Waals surface area contributed by atoms with Crippen LogP contribution in [0.5, 0.6) is 0 Å². The molecule has 0 aromatic heterocycles. The van der Waals surface area contributed by atoms with Crippen LogP contribution in [-0.2, 0) is 16.8 Å². The van der Waals surface area contributed by atoms with Gasteiger partial charge in [-0.25, -0.2) is 4.79 Å². The number of nitro benzene ring substituents is 1. The molecule has 2 rings (SSSR count). The Labute approximate surface area is 141 Å². The Morgan fingerprint density at radius 1 is 1.12 bits per heavy atom. The smallest absolute Gasteiger partial charge is 0.338 e. The van der Waals surface area contributed by atoms with E-state index in [2.05, 4.69) is 20.8 Å². The first-order chi connectivity index (χ1) is 11.2. The van der Waals surface area contributed by atoms with Gasteiger partial charge < -0.3 is 4.74 Å². The van der Waals surface area contributed by atoms with E-state index in [4.69, 9.17) is 4.74 Å². The number of esters is 1. The van der Waals surface area contributed by atoms with Gasteiger partial charge in [0.25, 0.3) is 5.69 Å². The lowest BCUT2D eigenvalue weighted by Gasteiger charge is -2.19. The Morgan fingerprint density at radius 3 is 2.29 bits per heavy atom. The molecule has 0 aliphatic heterocycles. The molecule has 126 valence electrons. The van der Waals surface area contributed by atoms with Gasteiger partial charge in [-0.15, -0.1) is 0 Å². The molecule has 0 N–H and O–H groups in total. The van der Waals surface area contributed by atoms with Gasteiger partial charge in [0, 0.05) is 11.6 Å². The summed E-state index contributed by atoms with van der Waals surface area (Å²) in [6.07, 6.45) is 0. The van der Waals surface area contributed by atoms with E-state index in [9.17, 15) is 14.9 Å². The normalized spacial score (nSPS) is 11.2. The first-order valence-electron chi connectivity index (χ1n) is 7.70. The van der Waals surface area contributed by atoms with Gasteiger partial charge in [0.1, 0.15) is 6.61 Å². The fourth-order valence-electron chi connectivity index (χ4n) is 2.37. The molecule has 0 unspecified atom stereocenters. The minimum atomic E-state index is -0.559. The maximum absolute atomic E-state index is 12.2. The maximum atomic E-state index is 12.2. The minimum Gasteiger partial charge on any atom is -0.457 e. The number of rotatable bonds is 4. The fourth-order valence-corrected chi connectivity index (χ4v) is 2.37. The highest BCUT2D eigenvalue weighted by atomic mass is 16.6. The lowest BCUT2D eigenvalue weighted by atomic mass is 9.87. The van der Waals surface area contributed by atoms with Crippen LogP contribution in [0.15, 0.2) is 42.5 Å². The summed E-state index contributed by atoms with van der Waals surface area (Å²) in [5.74, 6) is -0.559. The Morgan fingerprint density at radius 2 is 1.75 bits per heavy atom. The lowest BCUT2D eigenvalue weighted by Crippen LogP contribution is -2.11. The van der Waals surface area contributed by atoms with E-state index < -0.39 is 10.9 Å². The van der Waals surface area contributed by atoms with Gasteiger partial charge in [-0.1, -0.05) is 51.1 Å². The number of nitrogens with zero attached hydrogens (tertiary/aromatic N) is 1. The van der Waals surface area contributed by atoms with Crippen LogP contribution < -0.4 is 0 Å².